The molecule has 0 aliphatic carbocycles. The van der Waals surface area contributed by atoms with Crippen LogP contribution in [0.1, 0.15) is 11.8 Å². The van der Waals surface area contributed by atoms with Gasteiger partial charge in [-0.05, 0) is 35.9 Å². The molecule has 3 aromatic heterocycles. The lowest BCUT2D eigenvalue weighted by Gasteiger charge is -2.01. The summed E-state index contributed by atoms with van der Waals surface area (Å²) in [5.74, 6) is 0. The van der Waals surface area contributed by atoms with E-state index >= 15 is 0 Å². The van der Waals surface area contributed by atoms with Crippen LogP contribution in [0.25, 0.3) is 10.2 Å². The molecule has 3 rings (SSSR count). The summed E-state index contributed by atoms with van der Waals surface area (Å²) in [4.78, 5) is 28.6. The highest BCUT2D eigenvalue weighted by molar-refractivity contribution is 7.99. The van der Waals surface area contributed by atoms with Crippen molar-refractivity contribution in [2.75, 3.05) is 0 Å². The molecule has 0 amide bonds. The number of hydrogen-bond donors (Lipinski definition) is 1. The van der Waals surface area contributed by atoms with Crippen molar-refractivity contribution in [2.45, 2.75) is 23.5 Å². The van der Waals surface area contributed by atoms with Crippen LogP contribution >= 0.6 is 34.7 Å². The first-order valence-electron chi connectivity index (χ1n) is 5.85. The largest absolute Gasteiger partial charge is 0.301 e. The number of halogens is 1. The molecule has 0 atom stereocenters. The van der Waals surface area contributed by atoms with Gasteiger partial charge in [-0.15, -0.1) is 11.3 Å². The molecule has 0 bridgehead atoms. The first-order chi connectivity index (χ1) is 9.65. The molecule has 8 heteroatoms. The number of nitrogens with one attached hydrogen (secondary N) is 1. The zero-order valence-electron chi connectivity index (χ0n) is 10.4. The lowest BCUT2D eigenvalue weighted by atomic mass is 10.3. The Morgan fingerprint density at radius 3 is 3.05 bits per heavy atom. The van der Waals surface area contributed by atoms with E-state index in [-0.39, 0.29) is 10.8 Å². The predicted molar refractivity (Wildman–Crippen MR) is 80.8 cm³/mol. The van der Waals surface area contributed by atoms with E-state index in [0.29, 0.717) is 10.2 Å². The van der Waals surface area contributed by atoms with Crippen molar-refractivity contribution in [1.29, 1.82) is 0 Å². The molecule has 0 spiro atoms. The van der Waals surface area contributed by atoms with Gasteiger partial charge < -0.3 is 4.98 Å². The summed E-state index contributed by atoms with van der Waals surface area (Å²) in [5.41, 5.74) is -0.196. The zero-order valence-corrected chi connectivity index (χ0v) is 12.8. The minimum absolute atomic E-state index is 0.196. The van der Waals surface area contributed by atoms with Gasteiger partial charge in [-0.2, -0.15) is 0 Å². The van der Waals surface area contributed by atoms with Crippen molar-refractivity contribution in [3.05, 3.63) is 38.8 Å². The monoisotopic (exact) mass is 324 g/mol. The SMILES string of the molecule is CCc1cc2c(Sc3nccc(=O)[nH]3)nc(Cl)nc2s1. The number of fused-ring (bicyclic) bond motifs is 1. The molecule has 0 saturated heterocycles. The normalized spacial score (nSPS) is 11.1. The average Bonchev–Trinajstić information content (AvgIpc) is 2.82. The average molecular weight is 325 g/mol. The highest BCUT2D eigenvalue weighted by Gasteiger charge is 2.12. The van der Waals surface area contributed by atoms with Crippen molar-refractivity contribution in [3.8, 4) is 0 Å². The Morgan fingerprint density at radius 2 is 2.30 bits per heavy atom. The van der Waals surface area contributed by atoms with Crippen LogP contribution in [0.15, 0.2) is 33.3 Å². The third kappa shape index (κ3) is 2.70. The summed E-state index contributed by atoms with van der Waals surface area (Å²) in [5, 5.41) is 2.32. The summed E-state index contributed by atoms with van der Waals surface area (Å²) in [6.45, 7) is 2.09. The number of hydrogen-bond acceptors (Lipinski definition) is 6. The minimum atomic E-state index is -0.196. The second-order valence-electron chi connectivity index (χ2n) is 3.92. The lowest BCUT2D eigenvalue weighted by Crippen LogP contribution is -2.05. The third-order valence-electron chi connectivity index (χ3n) is 2.57. The molecule has 102 valence electrons. The standard InChI is InChI=1S/C12H9ClN4OS2/c1-2-6-5-7-9(19-6)16-11(13)17-10(7)20-12-14-4-3-8(18)15-12/h3-5H,2H2,1H3,(H,14,15,18). The third-order valence-corrected chi connectivity index (χ3v) is 4.82. The smallest absolute Gasteiger partial charge is 0.251 e. The Bertz CT molecular complexity index is 830. The number of aromatic nitrogens is 4. The van der Waals surface area contributed by atoms with Gasteiger partial charge in [0.05, 0.1) is 0 Å². The molecular formula is C12H9ClN4OS2. The number of thiophene rings is 1. The summed E-state index contributed by atoms with van der Waals surface area (Å²) in [6, 6.07) is 3.42. The van der Waals surface area contributed by atoms with Gasteiger partial charge in [0.15, 0.2) is 5.16 Å². The molecule has 0 aromatic carbocycles. The number of H-pyrrole nitrogens is 1. The first-order valence-corrected chi connectivity index (χ1v) is 7.86. The van der Waals surface area contributed by atoms with E-state index in [1.165, 1.54) is 28.9 Å². The quantitative estimate of drug-likeness (QED) is 0.592. The maximum Gasteiger partial charge on any atom is 0.251 e. The predicted octanol–water partition coefficient (Wildman–Crippen LogP) is 3.14. The van der Waals surface area contributed by atoms with E-state index < -0.39 is 0 Å². The van der Waals surface area contributed by atoms with Gasteiger partial charge in [0, 0.05) is 22.5 Å². The van der Waals surface area contributed by atoms with E-state index in [0.717, 1.165) is 16.6 Å². The van der Waals surface area contributed by atoms with Crippen LogP contribution in [0.2, 0.25) is 5.28 Å². The Hall–Kier alpha value is -1.44. The number of nitrogens with zero attached hydrogens (tertiary/aromatic N) is 3. The molecule has 0 aliphatic heterocycles. The molecule has 1 N–H and O–H groups in total. The number of aryl methyl sites for hydroxylation is 1. The molecule has 3 aromatic rings. The fourth-order valence-corrected chi connectivity index (χ4v) is 3.81. The Kier molecular flexibility index (Phi) is 3.73. The Balaban J connectivity index is 2.10. The first kappa shape index (κ1) is 13.5. The molecule has 3 heterocycles. The minimum Gasteiger partial charge on any atom is -0.301 e. The van der Waals surface area contributed by atoms with Gasteiger partial charge >= 0.3 is 0 Å². The second-order valence-corrected chi connectivity index (χ2v) is 6.35. The van der Waals surface area contributed by atoms with Gasteiger partial charge in [0.1, 0.15) is 9.86 Å². The van der Waals surface area contributed by atoms with Crippen LogP contribution in [0.4, 0.5) is 0 Å². The zero-order chi connectivity index (χ0) is 14.1. The van der Waals surface area contributed by atoms with Gasteiger partial charge in [0.2, 0.25) is 5.28 Å². The molecule has 0 saturated carbocycles. The molecule has 0 fully saturated rings. The van der Waals surface area contributed by atoms with Crippen LogP contribution in [-0.4, -0.2) is 19.9 Å². The van der Waals surface area contributed by atoms with Gasteiger partial charge in [0.25, 0.3) is 5.56 Å². The molecule has 0 aliphatic rings. The van der Waals surface area contributed by atoms with Crippen LogP contribution in [0.3, 0.4) is 0 Å². The van der Waals surface area contributed by atoms with E-state index in [4.69, 9.17) is 11.6 Å². The lowest BCUT2D eigenvalue weighted by molar-refractivity contribution is 0.932. The fourth-order valence-electron chi connectivity index (χ4n) is 1.67. The summed E-state index contributed by atoms with van der Waals surface area (Å²) < 4.78 is 0. The van der Waals surface area contributed by atoms with E-state index in [9.17, 15) is 4.79 Å². The number of aromatic amines is 1. The van der Waals surface area contributed by atoms with E-state index in [1.807, 2.05) is 0 Å². The maximum atomic E-state index is 11.3. The Morgan fingerprint density at radius 1 is 1.45 bits per heavy atom. The molecule has 0 radical (unpaired) electrons. The second kappa shape index (κ2) is 5.51. The molecule has 20 heavy (non-hydrogen) atoms. The van der Waals surface area contributed by atoms with Crippen molar-refractivity contribution < 1.29 is 0 Å². The molecular weight excluding hydrogens is 316 g/mol. The van der Waals surface area contributed by atoms with Crippen molar-refractivity contribution in [1.82, 2.24) is 19.9 Å². The Labute approximate surface area is 127 Å². The highest BCUT2D eigenvalue weighted by atomic mass is 35.5. The van der Waals surface area contributed by atoms with Crippen molar-refractivity contribution in [3.63, 3.8) is 0 Å². The van der Waals surface area contributed by atoms with Crippen LogP contribution < -0.4 is 5.56 Å². The van der Waals surface area contributed by atoms with Crippen molar-refractivity contribution >= 4 is 44.9 Å². The fraction of sp³-hybridized carbons (Fsp3) is 0.167. The summed E-state index contributed by atoms with van der Waals surface area (Å²) in [7, 11) is 0. The molecule has 0 unspecified atom stereocenters. The summed E-state index contributed by atoms with van der Waals surface area (Å²) >= 11 is 8.82. The van der Waals surface area contributed by atoms with Crippen molar-refractivity contribution in [2.24, 2.45) is 0 Å². The highest BCUT2D eigenvalue weighted by Crippen LogP contribution is 2.34. The molecule has 5 nitrogen and oxygen atoms in total. The van der Waals surface area contributed by atoms with Crippen LogP contribution in [0, 0.1) is 0 Å². The topological polar surface area (TPSA) is 71.5 Å². The van der Waals surface area contributed by atoms with Crippen LogP contribution in [-0.2, 0) is 6.42 Å². The van der Waals surface area contributed by atoms with Crippen LogP contribution in [0.5, 0.6) is 0 Å². The van der Waals surface area contributed by atoms with E-state index in [1.54, 1.807) is 11.3 Å². The number of rotatable bonds is 3. The maximum absolute atomic E-state index is 11.3. The van der Waals surface area contributed by atoms with Gasteiger partial charge in [-0.3, -0.25) is 4.79 Å². The van der Waals surface area contributed by atoms with Gasteiger partial charge in [-0.1, -0.05) is 6.92 Å². The van der Waals surface area contributed by atoms with Gasteiger partial charge in [-0.25, -0.2) is 15.0 Å². The van der Waals surface area contributed by atoms with E-state index in [2.05, 4.69) is 32.9 Å². The summed E-state index contributed by atoms with van der Waals surface area (Å²) in [6.07, 6.45) is 2.40.